The van der Waals surface area contributed by atoms with E-state index in [4.69, 9.17) is 16.7 Å². The second-order valence-corrected chi connectivity index (χ2v) is 4.82. The van der Waals surface area contributed by atoms with Gasteiger partial charge in [-0.1, -0.05) is 25.7 Å². The zero-order valence-corrected chi connectivity index (χ0v) is 9.30. The monoisotopic (exact) mass is 218 g/mol. The molecule has 14 heavy (non-hydrogen) atoms. The molecule has 0 amide bonds. The van der Waals surface area contributed by atoms with Crippen molar-refractivity contribution in [2.24, 2.45) is 5.92 Å². The van der Waals surface area contributed by atoms with E-state index in [2.05, 4.69) is 0 Å². The van der Waals surface area contributed by atoms with Crippen LogP contribution in [0.3, 0.4) is 0 Å². The van der Waals surface area contributed by atoms with Gasteiger partial charge in [0.25, 0.3) is 0 Å². The number of hydrogen-bond acceptors (Lipinski definition) is 1. The van der Waals surface area contributed by atoms with Crippen molar-refractivity contribution in [3.8, 4) is 0 Å². The van der Waals surface area contributed by atoms with E-state index in [9.17, 15) is 4.79 Å². The fraction of sp³-hybridized carbons (Fsp3) is 0.909. The lowest BCUT2D eigenvalue weighted by atomic mass is 9.92. The van der Waals surface area contributed by atoms with Gasteiger partial charge >= 0.3 is 5.97 Å². The highest BCUT2D eigenvalue weighted by Crippen LogP contribution is 2.23. The maximum absolute atomic E-state index is 10.9. The summed E-state index contributed by atoms with van der Waals surface area (Å²) in [6, 6.07) is 0. The summed E-state index contributed by atoms with van der Waals surface area (Å²) >= 11 is 6.10. The number of halogens is 1. The van der Waals surface area contributed by atoms with Crippen molar-refractivity contribution in [3.63, 3.8) is 0 Å². The minimum atomic E-state index is -0.618. The standard InChI is InChI=1S/C11H19ClO2/c12-10-7-3-1-5-9(11(13)14)6-2-4-8-10/h9-10H,1-8H2,(H,13,14). The van der Waals surface area contributed by atoms with Crippen LogP contribution in [0.1, 0.15) is 51.4 Å². The van der Waals surface area contributed by atoms with Crippen LogP contribution in [-0.2, 0) is 4.79 Å². The average Bonchev–Trinajstić information content (AvgIpc) is 2.15. The number of carbonyl (C=O) groups is 1. The largest absolute Gasteiger partial charge is 0.481 e. The van der Waals surface area contributed by atoms with E-state index in [0.717, 1.165) is 51.4 Å². The first-order valence-corrected chi connectivity index (χ1v) is 6.00. The number of rotatable bonds is 1. The van der Waals surface area contributed by atoms with Gasteiger partial charge in [-0.25, -0.2) is 0 Å². The fourth-order valence-corrected chi connectivity index (χ4v) is 2.36. The van der Waals surface area contributed by atoms with E-state index in [-0.39, 0.29) is 5.92 Å². The molecule has 0 bridgehead atoms. The van der Waals surface area contributed by atoms with Gasteiger partial charge in [-0.15, -0.1) is 11.6 Å². The van der Waals surface area contributed by atoms with E-state index in [1.54, 1.807) is 0 Å². The number of aliphatic carboxylic acids is 1. The van der Waals surface area contributed by atoms with Gasteiger partial charge in [0.05, 0.1) is 5.92 Å². The van der Waals surface area contributed by atoms with Crippen LogP contribution >= 0.6 is 11.6 Å². The lowest BCUT2D eigenvalue weighted by Crippen LogP contribution is -2.15. The zero-order chi connectivity index (χ0) is 10.4. The molecule has 0 heterocycles. The lowest BCUT2D eigenvalue weighted by molar-refractivity contribution is -0.142. The zero-order valence-electron chi connectivity index (χ0n) is 8.54. The molecule has 2 nitrogen and oxygen atoms in total. The molecule has 82 valence electrons. The molecule has 0 aromatic rings. The fourth-order valence-electron chi connectivity index (χ4n) is 2.05. The summed E-state index contributed by atoms with van der Waals surface area (Å²) in [5, 5.41) is 9.26. The molecule has 0 atom stereocenters. The summed E-state index contributed by atoms with van der Waals surface area (Å²) in [6.07, 6.45) is 7.95. The van der Waals surface area contributed by atoms with Gasteiger partial charge in [-0.2, -0.15) is 0 Å². The molecule has 0 radical (unpaired) electrons. The highest BCUT2D eigenvalue weighted by atomic mass is 35.5. The molecular weight excluding hydrogens is 200 g/mol. The molecule has 1 rings (SSSR count). The summed E-state index contributed by atoms with van der Waals surface area (Å²) in [7, 11) is 0. The van der Waals surface area contributed by atoms with Crippen molar-refractivity contribution in [1.29, 1.82) is 0 Å². The lowest BCUT2D eigenvalue weighted by Gasteiger charge is -2.16. The minimum absolute atomic E-state index is 0.109. The minimum Gasteiger partial charge on any atom is -0.481 e. The Bertz CT molecular complexity index is 170. The number of hydrogen-bond donors (Lipinski definition) is 1. The van der Waals surface area contributed by atoms with Crippen molar-refractivity contribution < 1.29 is 9.90 Å². The Hall–Kier alpha value is -0.240. The van der Waals surface area contributed by atoms with Crippen molar-refractivity contribution in [2.75, 3.05) is 0 Å². The molecule has 0 spiro atoms. The second kappa shape index (κ2) is 6.28. The van der Waals surface area contributed by atoms with Gasteiger partial charge in [-0.3, -0.25) is 4.79 Å². The van der Waals surface area contributed by atoms with E-state index < -0.39 is 5.97 Å². The van der Waals surface area contributed by atoms with Gasteiger partial charge in [0.1, 0.15) is 0 Å². The molecule has 3 heteroatoms. The molecule has 1 fully saturated rings. The highest BCUT2D eigenvalue weighted by molar-refractivity contribution is 6.20. The molecule has 1 saturated carbocycles. The Kier molecular flexibility index (Phi) is 5.31. The molecule has 1 aliphatic carbocycles. The first-order valence-electron chi connectivity index (χ1n) is 5.57. The Labute approximate surface area is 90.6 Å². The van der Waals surface area contributed by atoms with E-state index in [1.165, 1.54) is 0 Å². The van der Waals surface area contributed by atoms with Crippen molar-refractivity contribution in [3.05, 3.63) is 0 Å². The van der Waals surface area contributed by atoms with Crippen LogP contribution in [0.25, 0.3) is 0 Å². The second-order valence-electron chi connectivity index (χ2n) is 4.20. The maximum atomic E-state index is 10.9. The third kappa shape index (κ3) is 4.32. The molecule has 1 N–H and O–H groups in total. The molecule has 0 unspecified atom stereocenters. The van der Waals surface area contributed by atoms with Gasteiger partial charge < -0.3 is 5.11 Å². The van der Waals surface area contributed by atoms with Crippen LogP contribution in [0, 0.1) is 5.92 Å². The quantitative estimate of drug-likeness (QED) is 0.685. The molecule has 0 aromatic heterocycles. The summed E-state index contributed by atoms with van der Waals surface area (Å²) < 4.78 is 0. The predicted molar refractivity (Wildman–Crippen MR) is 57.7 cm³/mol. The Morgan fingerprint density at radius 1 is 1.00 bits per heavy atom. The summed E-state index contributed by atoms with van der Waals surface area (Å²) in [4.78, 5) is 10.9. The third-order valence-corrected chi connectivity index (χ3v) is 3.43. The number of alkyl halides is 1. The predicted octanol–water partition coefficient (Wildman–Crippen LogP) is 3.43. The van der Waals surface area contributed by atoms with Crippen LogP contribution in [0.2, 0.25) is 0 Å². The molecule has 0 aromatic carbocycles. The number of carboxylic acids is 1. The van der Waals surface area contributed by atoms with E-state index in [0.29, 0.717) is 5.38 Å². The normalized spacial score (nSPS) is 30.9. The Morgan fingerprint density at radius 2 is 1.43 bits per heavy atom. The van der Waals surface area contributed by atoms with Crippen LogP contribution in [0.5, 0.6) is 0 Å². The first-order chi connectivity index (χ1) is 6.70. The maximum Gasteiger partial charge on any atom is 0.306 e. The molecular formula is C11H19ClO2. The van der Waals surface area contributed by atoms with Crippen LogP contribution in [0.15, 0.2) is 0 Å². The molecule has 0 saturated heterocycles. The van der Waals surface area contributed by atoms with E-state index in [1.807, 2.05) is 0 Å². The molecule has 0 aliphatic heterocycles. The van der Waals surface area contributed by atoms with E-state index >= 15 is 0 Å². The number of carboxylic acid groups (broad SMARTS) is 1. The van der Waals surface area contributed by atoms with Gasteiger partial charge in [0.2, 0.25) is 0 Å². The van der Waals surface area contributed by atoms with Gasteiger partial charge in [-0.05, 0) is 25.7 Å². The summed E-state index contributed by atoms with van der Waals surface area (Å²) in [5.74, 6) is -0.727. The van der Waals surface area contributed by atoms with Gasteiger partial charge in [0.15, 0.2) is 0 Å². The third-order valence-electron chi connectivity index (χ3n) is 2.99. The topological polar surface area (TPSA) is 37.3 Å². The van der Waals surface area contributed by atoms with Gasteiger partial charge in [0, 0.05) is 5.38 Å². The summed E-state index contributed by atoms with van der Waals surface area (Å²) in [5.41, 5.74) is 0. The van der Waals surface area contributed by atoms with Crippen molar-refractivity contribution >= 4 is 17.6 Å². The van der Waals surface area contributed by atoms with Crippen molar-refractivity contribution in [2.45, 2.75) is 56.7 Å². The SMILES string of the molecule is O=C(O)C1CCCCC(Cl)CCCC1. The Morgan fingerprint density at radius 3 is 1.86 bits per heavy atom. The Balaban J connectivity index is 2.35. The van der Waals surface area contributed by atoms with Crippen LogP contribution in [0.4, 0.5) is 0 Å². The summed E-state index contributed by atoms with van der Waals surface area (Å²) in [6.45, 7) is 0. The van der Waals surface area contributed by atoms with Crippen LogP contribution < -0.4 is 0 Å². The first kappa shape index (κ1) is 11.8. The highest BCUT2D eigenvalue weighted by Gasteiger charge is 2.18. The molecule has 1 aliphatic rings. The average molecular weight is 219 g/mol. The van der Waals surface area contributed by atoms with Crippen molar-refractivity contribution in [1.82, 2.24) is 0 Å². The van der Waals surface area contributed by atoms with Crippen LogP contribution in [-0.4, -0.2) is 16.5 Å². The smallest absolute Gasteiger partial charge is 0.306 e.